The normalized spacial score (nSPS) is 15.6. The average molecular weight is 949 g/mol. The predicted octanol–water partition coefficient (Wildman–Crippen LogP) is 3.27. The highest BCUT2D eigenvalue weighted by atomic mass is 15.2. The van der Waals surface area contributed by atoms with Crippen molar-refractivity contribution in [1.29, 1.82) is 0 Å². The van der Waals surface area contributed by atoms with Gasteiger partial charge in [0.25, 0.3) is 0 Å². The predicted molar refractivity (Wildman–Crippen MR) is 281 cm³/mol. The molecule has 0 saturated carbocycles. The summed E-state index contributed by atoms with van der Waals surface area (Å²) in [5.74, 6) is 50.8. The first-order valence-corrected chi connectivity index (χ1v) is 21.8. The van der Waals surface area contributed by atoms with E-state index in [-0.39, 0.29) is 0 Å². The van der Waals surface area contributed by atoms with Crippen LogP contribution in [-0.4, -0.2) is 65.6 Å². The molecule has 0 atom stereocenters. The average Bonchev–Trinajstić information content (AvgIpc) is 3.41. The molecule has 4 aromatic carbocycles. The Morgan fingerprint density at radius 3 is 0.542 bits per heavy atom. The number of aromatic nitrogens is 4. The number of nitrogens with zero attached hydrogens (tertiary/aromatic N) is 12. The Labute approximate surface area is 411 Å². The second-order valence-corrected chi connectivity index (χ2v) is 16.0. The van der Waals surface area contributed by atoms with Gasteiger partial charge < -0.3 is 46.7 Å². The number of benzene rings is 4. The van der Waals surface area contributed by atoms with E-state index in [2.05, 4.69) is 60.7 Å². The lowest BCUT2D eigenvalue weighted by Crippen LogP contribution is -2.19. The lowest BCUT2D eigenvalue weighted by molar-refractivity contribution is 1.22. The Bertz CT molecular complexity index is 3010. The van der Waals surface area contributed by atoms with E-state index < -0.39 is 0 Å². The van der Waals surface area contributed by atoms with Crippen LogP contribution in [0.2, 0.25) is 0 Å². The third-order valence-electron chi connectivity index (χ3n) is 11.9. The topological polar surface area (TPSA) is 359 Å². The summed E-state index contributed by atoms with van der Waals surface area (Å²) < 4.78 is 0. The molecular weight excluding hydrogens is 905 g/mol. The van der Waals surface area contributed by atoms with Crippen molar-refractivity contribution < 1.29 is 0 Å². The van der Waals surface area contributed by atoms with Crippen molar-refractivity contribution in [3.05, 3.63) is 260 Å². The van der Waals surface area contributed by atoms with Crippen LogP contribution in [0, 0.1) is 0 Å². The van der Waals surface area contributed by atoms with Gasteiger partial charge in [0.15, 0.2) is 0 Å². The van der Waals surface area contributed by atoms with Crippen molar-refractivity contribution in [3.8, 4) is 0 Å². The first kappa shape index (κ1) is 46.4. The van der Waals surface area contributed by atoms with Crippen LogP contribution in [0.25, 0.3) is 0 Å². The minimum absolute atomic E-state index is 0.310. The van der Waals surface area contributed by atoms with Crippen molar-refractivity contribution in [2.24, 2.45) is 87.6 Å². The molecule has 4 heterocycles. The highest BCUT2D eigenvalue weighted by Gasteiger charge is 2.25. The molecule has 20 heteroatoms. The third-order valence-corrected chi connectivity index (χ3v) is 11.9. The number of rotatable bonds is 8. The van der Waals surface area contributed by atoms with Crippen molar-refractivity contribution in [2.75, 3.05) is 0 Å². The molecule has 0 fully saturated rings. The van der Waals surface area contributed by atoms with Crippen LogP contribution in [0.4, 0.5) is 0 Å². The van der Waals surface area contributed by atoms with Crippen molar-refractivity contribution >= 4 is 45.7 Å². The van der Waals surface area contributed by atoms with Crippen LogP contribution in [-0.2, 0) is 0 Å². The summed E-state index contributed by atoms with van der Waals surface area (Å²) in [5, 5.41) is 34.8. The van der Waals surface area contributed by atoms with Gasteiger partial charge in [0.05, 0.1) is 45.7 Å². The molecule has 4 aromatic heterocycles. The fraction of sp³-hybridized carbons (Fsp3) is 0. The minimum Gasteiger partial charge on any atom is -0.323 e. The molecule has 1 aliphatic carbocycles. The highest BCUT2D eigenvalue weighted by molar-refractivity contribution is 6.26. The summed E-state index contributed by atoms with van der Waals surface area (Å²) in [6.45, 7) is 0. The molecule has 0 spiro atoms. The van der Waals surface area contributed by atoms with E-state index in [4.69, 9.17) is 46.7 Å². The van der Waals surface area contributed by atoms with Crippen LogP contribution in [0.5, 0.6) is 0 Å². The van der Waals surface area contributed by atoms with Crippen LogP contribution in [0.3, 0.4) is 0 Å². The molecule has 0 amide bonds. The van der Waals surface area contributed by atoms with E-state index in [9.17, 15) is 0 Å². The zero-order chi connectivity index (χ0) is 50.1. The fourth-order valence-electron chi connectivity index (χ4n) is 8.72. The maximum atomic E-state index is 6.49. The zero-order valence-corrected chi connectivity index (χ0v) is 38.2. The summed E-state index contributed by atoms with van der Waals surface area (Å²) in [6, 6.07) is 36.6. The molecule has 1 aliphatic rings. The third kappa shape index (κ3) is 9.02. The number of nitrogens with two attached hydrogens (primary N) is 8. The monoisotopic (exact) mass is 948 g/mol. The van der Waals surface area contributed by atoms with Crippen molar-refractivity contribution in [1.82, 2.24) is 19.9 Å². The molecule has 8 bridgehead atoms. The smallest absolute Gasteiger partial charge is 0.0972 e. The summed E-state index contributed by atoms with van der Waals surface area (Å²) in [6.07, 6.45) is 13.1. The molecule has 8 aromatic rings. The molecule has 0 unspecified atom stereocenters. The Morgan fingerprint density at radius 2 is 0.403 bits per heavy atom. The van der Waals surface area contributed by atoms with E-state index in [1.165, 1.54) is 0 Å². The molecule has 72 heavy (non-hydrogen) atoms. The van der Waals surface area contributed by atoms with Crippen LogP contribution >= 0.6 is 0 Å². The Balaban J connectivity index is 1.42. The highest BCUT2D eigenvalue weighted by Crippen LogP contribution is 2.29. The SMILES string of the molecule is NN=C1c2cc(cc(/C(=N/N)c3ccncc3)c2)C(=NN)c2cc(cc(/C(=N/N)c3ccncc3)c2)C(=NN)c2cc(cc(/C(=N\N)c3ccncc3)c2)C(=NN)c2cc1cc(/C(=N/N)c1ccncc1)c2. The van der Waals surface area contributed by atoms with Crippen molar-refractivity contribution in [2.45, 2.75) is 0 Å². The largest absolute Gasteiger partial charge is 0.323 e. The molecular formula is C52H44N20. The van der Waals surface area contributed by atoms with Crippen molar-refractivity contribution in [3.63, 3.8) is 0 Å². The maximum Gasteiger partial charge on any atom is 0.0972 e. The Hall–Kier alpha value is -10.8. The van der Waals surface area contributed by atoms with Crippen LogP contribution < -0.4 is 46.7 Å². The molecule has 0 radical (unpaired) electrons. The number of hydrogen-bond donors (Lipinski definition) is 8. The second kappa shape index (κ2) is 20.6. The van der Waals surface area contributed by atoms with Gasteiger partial charge in [-0.2, -0.15) is 40.8 Å². The molecule has 0 saturated heterocycles. The molecule has 20 nitrogen and oxygen atoms in total. The Kier molecular flexibility index (Phi) is 13.3. The van der Waals surface area contributed by atoms with Gasteiger partial charge in [0.2, 0.25) is 0 Å². The summed E-state index contributed by atoms with van der Waals surface area (Å²) >= 11 is 0. The number of pyridine rings is 4. The fourth-order valence-corrected chi connectivity index (χ4v) is 8.72. The zero-order valence-electron chi connectivity index (χ0n) is 38.2. The van der Waals surface area contributed by atoms with E-state index >= 15 is 0 Å². The van der Waals surface area contributed by atoms with Crippen LogP contribution in [0.1, 0.15) is 89.0 Å². The van der Waals surface area contributed by atoms with Gasteiger partial charge in [0.1, 0.15) is 0 Å². The summed E-state index contributed by atoms with van der Waals surface area (Å²) in [5.41, 5.74) is 11.8. The number of hydrogen-bond acceptors (Lipinski definition) is 20. The van der Waals surface area contributed by atoms with E-state index in [0.29, 0.717) is 135 Å². The van der Waals surface area contributed by atoms with Gasteiger partial charge in [-0.3, -0.25) is 19.9 Å². The number of hydrazone groups is 8. The molecule has 352 valence electrons. The summed E-state index contributed by atoms with van der Waals surface area (Å²) in [4.78, 5) is 16.8. The second-order valence-electron chi connectivity index (χ2n) is 16.0. The number of fused-ring (bicyclic) bond motifs is 8. The molecule has 16 N–H and O–H groups in total. The van der Waals surface area contributed by atoms with E-state index in [1.807, 2.05) is 72.8 Å². The lowest BCUT2D eigenvalue weighted by atomic mass is 9.86. The van der Waals surface area contributed by atoms with E-state index in [1.54, 1.807) is 98.1 Å². The lowest BCUT2D eigenvalue weighted by Gasteiger charge is -2.19. The van der Waals surface area contributed by atoms with Gasteiger partial charge in [0, 0.05) is 139 Å². The minimum atomic E-state index is 0.310. The van der Waals surface area contributed by atoms with Gasteiger partial charge in [-0.25, -0.2) is 0 Å². The van der Waals surface area contributed by atoms with Gasteiger partial charge in [-0.05, 0) is 121 Å². The quantitative estimate of drug-likeness (QED) is 0.0618. The van der Waals surface area contributed by atoms with Crippen LogP contribution in [0.15, 0.2) is 212 Å². The standard InChI is InChI=1S/C52H44N20/c53-65-45(29-1-9-61-10-2-29)33-17-37-25-38(18-33)50(70-58)40-20-35(47(67-55)31-5-13-63-14-6-31)22-42(27-40)52(72-60)44-24-36(48(68-56)32-7-15-64-16-8-32)23-43(28-44)51(71-59)41-21-34(19-39(26-41)49(37)69-57)46(66-54)30-3-11-62-12-4-30/h1-28H,53-60H2/b65-45-,66-46+,67-47+,68-48+,69-49?,70-50?,71-51?,72-52?. The summed E-state index contributed by atoms with van der Waals surface area (Å²) in [7, 11) is 0. The first-order chi connectivity index (χ1) is 35.3. The van der Waals surface area contributed by atoms with Gasteiger partial charge in [-0.1, -0.05) is 0 Å². The van der Waals surface area contributed by atoms with Gasteiger partial charge >= 0.3 is 0 Å². The molecule has 9 rings (SSSR count). The van der Waals surface area contributed by atoms with E-state index in [0.717, 1.165) is 0 Å². The Morgan fingerprint density at radius 1 is 0.236 bits per heavy atom. The maximum absolute atomic E-state index is 6.49. The first-order valence-electron chi connectivity index (χ1n) is 21.8. The molecule has 0 aliphatic heterocycles. The van der Waals surface area contributed by atoms with Gasteiger partial charge in [-0.15, -0.1) is 0 Å².